The lowest BCUT2D eigenvalue weighted by atomic mass is 9.89. The largest absolute Gasteiger partial charge is 0.379 e. The van der Waals surface area contributed by atoms with Gasteiger partial charge in [0.05, 0.1) is 19.3 Å². The van der Waals surface area contributed by atoms with Gasteiger partial charge in [-0.1, -0.05) is 207 Å². The lowest BCUT2D eigenvalue weighted by Gasteiger charge is -2.36. The Morgan fingerprint density at radius 2 is 0.893 bits per heavy atom. The quantitative estimate of drug-likeness (QED) is 0.0490. The van der Waals surface area contributed by atoms with E-state index in [-0.39, 0.29) is 17.6 Å². The maximum atomic E-state index is 13.0. The SMILES string of the molecule is CCCCCCCCCCCCCCCCN(CCCCCCCC(CCCCCC)CCCCCCC)CCCNC(C(=O)C(C)=O)C(C)N1CCOCC1. The minimum Gasteiger partial charge on any atom is -0.379 e. The van der Waals surface area contributed by atoms with Gasteiger partial charge in [-0.25, -0.2) is 0 Å². The van der Waals surface area contributed by atoms with Gasteiger partial charge in [0.25, 0.3) is 0 Å². The minimum absolute atomic E-state index is 0.0101. The molecule has 0 aromatic rings. The van der Waals surface area contributed by atoms with Crippen molar-refractivity contribution >= 4 is 11.6 Å². The van der Waals surface area contributed by atoms with Gasteiger partial charge in [-0.15, -0.1) is 0 Å². The van der Waals surface area contributed by atoms with Crippen LogP contribution < -0.4 is 5.32 Å². The predicted molar refractivity (Wildman–Crippen MR) is 244 cm³/mol. The zero-order valence-corrected chi connectivity index (χ0v) is 38.6. The fourth-order valence-corrected chi connectivity index (χ4v) is 8.95. The number of morpholine rings is 1. The van der Waals surface area contributed by atoms with E-state index in [0.717, 1.165) is 38.5 Å². The van der Waals surface area contributed by atoms with Gasteiger partial charge in [0.15, 0.2) is 5.78 Å². The monoisotopic (exact) mass is 790 g/mol. The molecule has 0 spiro atoms. The molecule has 0 aliphatic carbocycles. The molecule has 0 aromatic carbocycles. The number of ketones is 2. The van der Waals surface area contributed by atoms with Crippen LogP contribution in [0, 0.1) is 5.92 Å². The maximum Gasteiger partial charge on any atom is 0.216 e. The number of unbranched alkanes of at least 4 members (excludes halogenated alkanes) is 24. The molecule has 0 aromatic heterocycles. The molecule has 1 N–H and O–H groups in total. The molecular formula is C50H99N3O3. The molecule has 6 heteroatoms. The van der Waals surface area contributed by atoms with Crippen LogP contribution in [0.4, 0.5) is 0 Å². The highest BCUT2D eigenvalue weighted by atomic mass is 16.5. The molecule has 3 atom stereocenters. The molecule has 1 saturated heterocycles. The van der Waals surface area contributed by atoms with Crippen molar-refractivity contribution in [1.29, 1.82) is 0 Å². The van der Waals surface area contributed by atoms with Gasteiger partial charge in [0.1, 0.15) is 0 Å². The summed E-state index contributed by atoms with van der Waals surface area (Å²) in [7, 11) is 0. The van der Waals surface area contributed by atoms with E-state index in [1.165, 1.54) is 219 Å². The molecule has 1 heterocycles. The molecule has 3 unspecified atom stereocenters. The summed E-state index contributed by atoms with van der Waals surface area (Å²) in [6, 6.07) is -0.453. The van der Waals surface area contributed by atoms with Crippen molar-refractivity contribution < 1.29 is 14.3 Å². The second-order valence-corrected chi connectivity index (χ2v) is 18.0. The third-order valence-electron chi connectivity index (χ3n) is 12.8. The minimum atomic E-state index is -0.443. The molecule has 0 saturated carbocycles. The van der Waals surface area contributed by atoms with Gasteiger partial charge in [-0.3, -0.25) is 14.5 Å². The van der Waals surface area contributed by atoms with Crippen molar-refractivity contribution in [3.8, 4) is 0 Å². The number of nitrogens with zero attached hydrogens (tertiary/aromatic N) is 2. The predicted octanol–water partition coefficient (Wildman–Crippen LogP) is 13.3. The van der Waals surface area contributed by atoms with E-state index in [9.17, 15) is 9.59 Å². The molecule has 332 valence electrons. The van der Waals surface area contributed by atoms with Gasteiger partial charge in [-0.05, 0) is 58.3 Å². The second-order valence-electron chi connectivity index (χ2n) is 18.0. The third kappa shape index (κ3) is 30.3. The Kier molecular flexibility index (Phi) is 37.6. The normalized spacial score (nSPS) is 15.4. The summed E-state index contributed by atoms with van der Waals surface area (Å²) in [6.07, 6.45) is 44.5. The lowest BCUT2D eigenvalue weighted by molar-refractivity contribution is -0.137. The van der Waals surface area contributed by atoms with Crippen molar-refractivity contribution in [1.82, 2.24) is 15.1 Å². The summed E-state index contributed by atoms with van der Waals surface area (Å²) in [5.74, 6) is 0.342. The second kappa shape index (κ2) is 39.6. The van der Waals surface area contributed by atoms with E-state index in [1.807, 2.05) is 0 Å². The number of ether oxygens (including phenoxy) is 1. The number of carbonyl (C=O) groups excluding carboxylic acids is 2. The zero-order valence-electron chi connectivity index (χ0n) is 38.6. The van der Waals surface area contributed by atoms with Crippen molar-refractivity contribution in [2.75, 3.05) is 52.5 Å². The highest BCUT2D eigenvalue weighted by Crippen LogP contribution is 2.24. The molecule has 0 bridgehead atoms. The lowest BCUT2D eigenvalue weighted by Crippen LogP contribution is -2.56. The van der Waals surface area contributed by atoms with E-state index >= 15 is 0 Å². The average molecular weight is 790 g/mol. The molecular weight excluding hydrogens is 691 g/mol. The Bertz CT molecular complexity index is 862. The van der Waals surface area contributed by atoms with Crippen LogP contribution in [0.15, 0.2) is 0 Å². The molecule has 1 rings (SSSR count). The van der Waals surface area contributed by atoms with E-state index in [4.69, 9.17) is 4.74 Å². The Morgan fingerprint density at radius 1 is 0.536 bits per heavy atom. The molecule has 6 nitrogen and oxygen atoms in total. The van der Waals surface area contributed by atoms with Crippen LogP contribution in [0.3, 0.4) is 0 Å². The van der Waals surface area contributed by atoms with Crippen LogP contribution in [0.5, 0.6) is 0 Å². The maximum absolute atomic E-state index is 13.0. The topological polar surface area (TPSA) is 61.9 Å². The van der Waals surface area contributed by atoms with E-state index < -0.39 is 6.04 Å². The number of rotatable bonds is 43. The number of hydrogen-bond acceptors (Lipinski definition) is 6. The Balaban J connectivity index is 2.48. The van der Waals surface area contributed by atoms with Crippen LogP contribution in [0.1, 0.15) is 240 Å². The number of hydrogen-bond donors (Lipinski definition) is 1. The fraction of sp³-hybridized carbons (Fsp3) is 0.960. The smallest absolute Gasteiger partial charge is 0.216 e. The van der Waals surface area contributed by atoms with Crippen LogP contribution >= 0.6 is 0 Å². The zero-order chi connectivity index (χ0) is 40.7. The molecule has 1 fully saturated rings. The first kappa shape index (κ1) is 53.2. The fourth-order valence-electron chi connectivity index (χ4n) is 8.95. The Morgan fingerprint density at radius 3 is 1.30 bits per heavy atom. The number of carbonyl (C=O) groups is 2. The summed E-state index contributed by atoms with van der Waals surface area (Å²) in [5.41, 5.74) is 0. The highest BCUT2D eigenvalue weighted by molar-refractivity contribution is 6.38. The summed E-state index contributed by atoms with van der Waals surface area (Å²) in [4.78, 5) is 30.1. The van der Waals surface area contributed by atoms with Gasteiger partial charge in [-0.2, -0.15) is 0 Å². The first-order valence-electron chi connectivity index (χ1n) is 25.3. The Labute approximate surface area is 350 Å². The van der Waals surface area contributed by atoms with Crippen LogP contribution in [-0.2, 0) is 14.3 Å². The van der Waals surface area contributed by atoms with Crippen molar-refractivity contribution in [2.24, 2.45) is 5.92 Å². The average Bonchev–Trinajstić information content (AvgIpc) is 3.21. The van der Waals surface area contributed by atoms with Crippen LogP contribution in [-0.4, -0.2) is 85.9 Å². The summed E-state index contributed by atoms with van der Waals surface area (Å²) in [6.45, 7) is 17.7. The molecule has 0 radical (unpaired) electrons. The first-order valence-corrected chi connectivity index (χ1v) is 25.3. The van der Waals surface area contributed by atoms with Gasteiger partial charge in [0, 0.05) is 26.1 Å². The summed E-state index contributed by atoms with van der Waals surface area (Å²) < 4.78 is 5.54. The van der Waals surface area contributed by atoms with Crippen LogP contribution in [0.2, 0.25) is 0 Å². The van der Waals surface area contributed by atoms with Gasteiger partial charge >= 0.3 is 0 Å². The van der Waals surface area contributed by atoms with Crippen LogP contribution in [0.25, 0.3) is 0 Å². The summed E-state index contributed by atoms with van der Waals surface area (Å²) in [5, 5.41) is 3.53. The standard InChI is InChI=1S/C50H99N3O3/c1-6-9-12-15-16-17-18-19-20-21-22-23-27-32-39-52(41-34-38-51-49(50(55)47(5)54)46(4)53-42-44-56-45-43-53)40-33-28-24-26-31-37-48(35-29-14-11-8-3)36-30-25-13-10-7-2/h46,48-49,51H,6-45H2,1-5H3. The van der Waals surface area contributed by atoms with Gasteiger partial charge < -0.3 is 15.0 Å². The third-order valence-corrected chi connectivity index (χ3v) is 12.8. The van der Waals surface area contributed by atoms with Crippen molar-refractivity contribution in [2.45, 2.75) is 252 Å². The Hall–Kier alpha value is -0.820. The summed E-state index contributed by atoms with van der Waals surface area (Å²) >= 11 is 0. The molecule has 56 heavy (non-hydrogen) atoms. The van der Waals surface area contributed by atoms with Crippen molar-refractivity contribution in [3.63, 3.8) is 0 Å². The van der Waals surface area contributed by atoms with E-state index in [1.54, 1.807) is 0 Å². The first-order chi connectivity index (χ1) is 27.4. The number of Topliss-reactive ketones (excluding diaryl/α,β-unsaturated/α-hetero) is 2. The highest BCUT2D eigenvalue weighted by Gasteiger charge is 2.32. The van der Waals surface area contributed by atoms with Gasteiger partial charge in [0.2, 0.25) is 5.78 Å². The molecule has 0 amide bonds. The van der Waals surface area contributed by atoms with E-state index in [2.05, 4.69) is 42.8 Å². The van der Waals surface area contributed by atoms with Crippen molar-refractivity contribution in [3.05, 3.63) is 0 Å². The van der Waals surface area contributed by atoms with E-state index in [0.29, 0.717) is 13.2 Å². The number of nitrogens with one attached hydrogen (secondary N) is 1. The molecule has 1 aliphatic heterocycles. The molecule has 1 aliphatic rings.